The molecule has 0 saturated carbocycles. The summed E-state index contributed by atoms with van der Waals surface area (Å²) in [5, 5.41) is 6.38. The molecule has 20 heavy (non-hydrogen) atoms. The van der Waals surface area contributed by atoms with Gasteiger partial charge in [-0.2, -0.15) is 0 Å². The molecule has 3 rings (SSSR count). The van der Waals surface area contributed by atoms with E-state index >= 15 is 0 Å². The van der Waals surface area contributed by atoms with Crippen molar-refractivity contribution in [3.05, 3.63) is 39.8 Å². The van der Waals surface area contributed by atoms with E-state index in [-0.39, 0.29) is 5.91 Å². The van der Waals surface area contributed by atoms with E-state index in [1.54, 1.807) is 11.3 Å². The second-order valence-corrected chi connectivity index (χ2v) is 5.93. The molecule has 1 aromatic carbocycles. The number of aryl methyl sites for hydroxylation is 2. The van der Waals surface area contributed by atoms with Crippen molar-refractivity contribution in [2.75, 3.05) is 10.6 Å². The van der Waals surface area contributed by atoms with Crippen molar-refractivity contribution in [3.63, 3.8) is 0 Å². The van der Waals surface area contributed by atoms with Crippen LogP contribution in [0.25, 0.3) is 0 Å². The van der Waals surface area contributed by atoms with Crippen LogP contribution in [0.15, 0.2) is 23.7 Å². The molecule has 5 heteroatoms. The molecule has 0 aliphatic carbocycles. The first kappa shape index (κ1) is 13.1. The quantitative estimate of drug-likeness (QED) is 0.910. The Kier molecular flexibility index (Phi) is 3.69. The second-order valence-electron chi connectivity index (χ2n) is 4.99. The lowest BCUT2D eigenvalue weighted by Gasteiger charge is -2.11. The van der Waals surface area contributed by atoms with Crippen LogP contribution >= 0.6 is 11.3 Å². The number of hydrogen-bond acceptors (Lipinski definition) is 4. The molecule has 0 unspecified atom stereocenters. The first-order chi connectivity index (χ1) is 9.72. The van der Waals surface area contributed by atoms with Gasteiger partial charge in [-0.05, 0) is 43.5 Å². The first-order valence-electron chi connectivity index (χ1n) is 6.78. The number of nitrogens with one attached hydrogen (secondary N) is 2. The van der Waals surface area contributed by atoms with E-state index in [0.717, 1.165) is 36.5 Å². The van der Waals surface area contributed by atoms with Gasteiger partial charge in [0.05, 0.1) is 17.7 Å². The topological polar surface area (TPSA) is 54.0 Å². The largest absolute Gasteiger partial charge is 0.380 e. The molecule has 1 aromatic heterocycles. The Bertz CT molecular complexity index is 636. The maximum Gasteiger partial charge on any atom is 0.224 e. The highest BCUT2D eigenvalue weighted by Crippen LogP contribution is 2.26. The SMILES string of the molecule is Cc1ncsc1CNc1ccc2c(c1)CCCC(=O)N2. The zero-order valence-corrected chi connectivity index (χ0v) is 12.2. The average molecular weight is 287 g/mol. The molecule has 0 atom stereocenters. The molecule has 1 aliphatic heterocycles. The van der Waals surface area contributed by atoms with Gasteiger partial charge in [-0.3, -0.25) is 4.79 Å². The summed E-state index contributed by atoms with van der Waals surface area (Å²) in [5.74, 6) is 0.116. The van der Waals surface area contributed by atoms with Gasteiger partial charge in [0.1, 0.15) is 0 Å². The number of nitrogens with zero attached hydrogens (tertiary/aromatic N) is 1. The van der Waals surface area contributed by atoms with Crippen LogP contribution < -0.4 is 10.6 Å². The zero-order chi connectivity index (χ0) is 13.9. The fourth-order valence-corrected chi connectivity index (χ4v) is 3.08. The summed E-state index contributed by atoms with van der Waals surface area (Å²) in [6.07, 6.45) is 2.47. The van der Waals surface area contributed by atoms with Gasteiger partial charge in [0, 0.05) is 22.7 Å². The van der Waals surface area contributed by atoms with Crippen LogP contribution in [0.3, 0.4) is 0 Å². The monoisotopic (exact) mass is 287 g/mol. The maximum absolute atomic E-state index is 11.5. The van der Waals surface area contributed by atoms with Crippen molar-refractivity contribution in [3.8, 4) is 0 Å². The Morgan fingerprint density at radius 2 is 2.30 bits per heavy atom. The van der Waals surface area contributed by atoms with E-state index < -0.39 is 0 Å². The molecule has 0 fully saturated rings. The minimum atomic E-state index is 0.116. The van der Waals surface area contributed by atoms with Gasteiger partial charge in [-0.25, -0.2) is 4.98 Å². The van der Waals surface area contributed by atoms with Crippen LogP contribution in [0.2, 0.25) is 0 Å². The smallest absolute Gasteiger partial charge is 0.224 e. The lowest BCUT2D eigenvalue weighted by Crippen LogP contribution is -2.09. The summed E-state index contributed by atoms with van der Waals surface area (Å²) < 4.78 is 0. The predicted molar refractivity (Wildman–Crippen MR) is 82.2 cm³/mol. The summed E-state index contributed by atoms with van der Waals surface area (Å²) in [5.41, 5.74) is 6.21. The van der Waals surface area contributed by atoms with E-state index in [2.05, 4.69) is 21.7 Å². The molecule has 0 spiro atoms. The number of fused-ring (bicyclic) bond motifs is 1. The van der Waals surface area contributed by atoms with Gasteiger partial charge >= 0.3 is 0 Å². The predicted octanol–water partition coefficient (Wildman–Crippen LogP) is 3.34. The molecular weight excluding hydrogens is 270 g/mol. The van der Waals surface area contributed by atoms with E-state index in [0.29, 0.717) is 6.42 Å². The van der Waals surface area contributed by atoms with Gasteiger partial charge in [-0.15, -0.1) is 11.3 Å². The minimum Gasteiger partial charge on any atom is -0.380 e. The lowest BCUT2D eigenvalue weighted by molar-refractivity contribution is -0.116. The molecule has 0 saturated heterocycles. The highest BCUT2D eigenvalue weighted by molar-refractivity contribution is 7.09. The summed E-state index contributed by atoms with van der Waals surface area (Å²) in [6.45, 7) is 2.82. The lowest BCUT2D eigenvalue weighted by atomic mass is 10.1. The molecule has 2 heterocycles. The van der Waals surface area contributed by atoms with Gasteiger partial charge in [0.15, 0.2) is 0 Å². The summed E-state index contributed by atoms with van der Waals surface area (Å²) >= 11 is 1.67. The summed E-state index contributed by atoms with van der Waals surface area (Å²) in [6, 6.07) is 6.14. The van der Waals surface area contributed by atoms with Gasteiger partial charge in [0.25, 0.3) is 0 Å². The normalized spacial score (nSPS) is 14.3. The number of hydrogen-bond donors (Lipinski definition) is 2. The van der Waals surface area contributed by atoms with Crippen molar-refractivity contribution >= 4 is 28.6 Å². The van der Waals surface area contributed by atoms with Crippen molar-refractivity contribution in [2.24, 2.45) is 0 Å². The van der Waals surface area contributed by atoms with Crippen LogP contribution in [-0.4, -0.2) is 10.9 Å². The van der Waals surface area contributed by atoms with Crippen LogP contribution in [0.1, 0.15) is 29.0 Å². The molecule has 2 N–H and O–H groups in total. The van der Waals surface area contributed by atoms with E-state index in [4.69, 9.17) is 0 Å². The minimum absolute atomic E-state index is 0.116. The van der Waals surface area contributed by atoms with Crippen molar-refractivity contribution in [1.29, 1.82) is 0 Å². The van der Waals surface area contributed by atoms with Crippen molar-refractivity contribution < 1.29 is 4.79 Å². The molecular formula is C15H17N3OS. The molecule has 1 aliphatic rings. The number of carbonyl (C=O) groups excluding carboxylic acids is 1. The molecule has 2 aromatic rings. The van der Waals surface area contributed by atoms with Gasteiger partial charge < -0.3 is 10.6 Å². The van der Waals surface area contributed by atoms with Crippen LogP contribution in [-0.2, 0) is 17.8 Å². The number of benzene rings is 1. The fourth-order valence-electron chi connectivity index (χ4n) is 2.36. The molecule has 0 radical (unpaired) electrons. The van der Waals surface area contributed by atoms with E-state index in [1.165, 1.54) is 10.4 Å². The number of amides is 1. The Labute approximate surface area is 122 Å². The van der Waals surface area contributed by atoms with Crippen molar-refractivity contribution in [1.82, 2.24) is 4.98 Å². The summed E-state index contributed by atoms with van der Waals surface area (Å²) in [4.78, 5) is 17.0. The van der Waals surface area contributed by atoms with Crippen molar-refractivity contribution in [2.45, 2.75) is 32.7 Å². The number of anilines is 2. The average Bonchev–Trinajstić information content (AvgIpc) is 2.74. The number of carbonyl (C=O) groups is 1. The number of thiazole rings is 1. The van der Waals surface area contributed by atoms with Crippen LogP contribution in [0.4, 0.5) is 11.4 Å². The Hall–Kier alpha value is -1.88. The zero-order valence-electron chi connectivity index (χ0n) is 11.4. The number of rotatable bonds is 3. The Balaban J connectivity index is 1.74. The first-order valence-corrected chi connectivity index (χ1v) is 7.66. The second kappa shape index (κ2) is 5.63. The summed E-state index contributed by atoms with van der Waals surface area (Å²) in [7, 11) is 0. The van der Waals surface area contributed by atoms with Gasteiger partial charge in [-0.1, -0.05) is 0 Å². The highest BCUT2D eigenvalue weighted by Gasteiger charge is 2.13. The molecule has 1 amide bonds. The molecule has 0 bridgehead atoms. The highest BCUT2D eigenvalue weighted by atomic mass is 32.1. The van der Waals surface area contributed by atoms with Crippen LogP contribution in [0, 0.1) is 6.92 Å². The maximum atomic E-state index is 11.5. The third-order valence-corrected chi connectivity index (χ3v) is 4.46. The van der Waals surface area contributed by atoms with Crippen LogP contribution in [0.5, 0.6) is 0 Å². The van der Waals surface area contributed by atoms with E-state index in [1.807, 2.05) is 24.6 Å². The Morgan fingerprint density at radius 1 is 1.40 bits per heavy atom. The molecule has 4 nitrogen and oxygen atoms in total. The number of aromatic nitrogens is 1. The molecule has 104 valence electrons. The third-order valence-electron chi connectivity index (χ3n) is 3.53. The van der Waals surface area contributed by atoms with Gasteiger partial charge in [0.2, 0.25) is 5.91 Å². The standard InChI is InChI=1S/C15H17N3OS/c1-10-14(20-9-17-10)8-16-12-5-6-13-11(7-12)3-2-4-15(19)18-13/h5-7,9,16H,2-4,8H2,1H3,(H,18,19). The fraction of sp³-hybridized carbons (Fsp3) is 0.333. The Morgan fingerprint density at radius 3 is 3.10 bits per heavy atom. The van der Waals surface area contributed by atoms with E-state index in [9.17, 15) is 4.79 Å². The third kappa shape index (κ3) is 2.82.